The molecule has 1 heterocycles. The summed E-state index contributed by atoms with van der Waals surface area (Å²) in [7, 11) is -2.04. The highest BCUT2D eigenvalue weighted by molar-refractivity contribution is 7.89. The predicted octanol–water partition coefficient (Wildman–Crippen LogP) is 0.628. The van der Waals surface area contributed by atoms with E-state index >= 15 is 0 Å². The highest BCUT2D eigenvalue weighted by Crippen LogP contribution is 2.37. The Morgan fingerprint density at radius 2 is 2.26 bits per heavy atom. The molecular formula is C12H20N2O4S. The van der Waals surface area contributed by atoms with Gasteiger partial charge in [0.15, 0.2) is 0 Å². The first-order valence-corrected chi connectivity index (χ1v) is 7.79. The lowest BCUT2D eigenvalue weighted by molar-refractivity contribution is 0.180. The van der Waals surface area contributed by atoms with Gasteiger partial charge < -0.3 is 14.4 Å². The molecule has 0 aromatic carbocycles. The fourth-order valence-corrected chi connectivity index (χ4v) is 3.36. The molecule has 0 amide bonds. The van der Waals surface area contributed by atoms with Crippen LogP contribution in [0.1, 0.15) is 31.5 Å². The van der Waals surface area contributed by atoms with Crippen LogP contribution in [-0.4, -0.2) is 37.8 Å². The molecule has 0 aliphatic heterocycles. The van der Waals surface area contributed by atoms with Gasteiger partial charge in [-0.1, -0.05) is 0 Å². The van der Waals surface area contributed by atoms with Gasteiger partial charge in [0.25, 0.3) is 0 Å². The second-order valence-corrected chi connectivity index (χ2v) is 6.66. The molecule has 1 unspecified atom stereocenters. The SMILES string of the molecule is COCC(C)NS(=O)(=O)c1cc(CO)n(C2CC2)c1. The average molecular weight is 288 g/mol. The van der Waals surface area contributed by atoms with Crippen LogP contribution < -0.4 is 4.72 Å². The van der Waals surface area contributed by atoms with Crippen molar-refractivity contribution in [3.8, 4) is 0 Å². The molecule has 0 radical (unpaired) electrons. The summed E-state index contributed by atoms with van der Waals surface area (Å²) in [5.74, 6) is 0. The summed E-state index contributed by atoms with van der Waals surface area (Å²) in [6.45, 7) is 1.90. The zero-order valence-electron chi connectivity index (χ0n) is 11.2. The Morgan fingerprint density at radius 3 is 2.79 bits per heavy atom. The molecule has 2 N–H and O–H groups in total. The smallest absolute Gasteiger partial charge is 0.242 e. The minimum atomic E-state index is -3.56. The Labute approximate surface area is 113 Å². The number of aliphatic hydroxyl groups excluding tert-OH is 1. The van der Waals surface area contributed by atoms with Gasteiger partial charge in [-0.25, -0.2) is 13.1 Å². The monoisotopic (exact) mass is 288 g/mol. The highest BCUT2D eigenvalue weighted by atomic mass is 32.2. The minimum absolute atomic E-state index is 0.153. The Kier molecular flexibility index (Phi) is 4.29. The number of hydrogen-bond donors (Lipinski definition) is 2. The number of ether oxygens (including phenoxy) is 1. The van der Waals surface area contributed by atoms with E-state index < -0.39 is 10.0 Å². The summed E-state index contributed by atoms with van der Waals surface area (Å²) in [5, 5.41) is 9.28. The zero-order valence-corrected chi connectivity index (χ0v) is 12.0. The maximum atomic E-state index is 12.2. The normalized spacial score (nSPS) is 17.6. The molecule has 1 atom stereocenters. The third-order valence-corrected chi connectivity index (χ3v) is 4.65. The van der Waals surface area contributed by atoms with Crippen LogP contribution >= 0.6 is 0 Å². The van der Waals surface area contributed by atoms with Crippen LogP contribution in [0, 0.1) is 0 Å². The molecular weight excluding hydrogens is 268 g/mol. The zero-order chi connectivity index (χ0) is 14.0. The van der Waals surface area contributed by atoms with E-state index in [0.29, 0.717) is 18.3 Å². The average Bonchev–Trinajstić information content (AvgIpc) is 3.07. The molecule has 6 nitrogen and oxygen atoms in total. The highest BCUT2D eigenvalue weighted by Gasteiger charge is 2.28. The van der Waals surface area contributed by atoms with E-state index in [1.54, 1.807) is 13.1 Å². The number of aromatic nitrogens is 1. The van der Waals surface area contributed by atoms with Crippen molar-refractivity contribution >= 4 is 10.0 Å². The molecule has 1 aromatic rings. The maximum Gasteiger partial charge on any atom is 0.242 e. The minimum Gasteiger partial charge on any atom is -0.390 e. The van der Waals surface area contributed by atoms with E-state index in [4.69, 9.17) is 4.74 Å². The van der Waals surface area contributed by atoms with Gasteiger partial charge in [-0.3, -0.25) is 0 Å². The van der Waals surface area contributed by atoms with Crippen molar-refractivity contribution in [3.63, 3.8) is 0 Å². The predicted molar refractivity (Wildman–Crippen MR) is 70.3 cm³/mol. The number of sulfonamides is 1. The fraction of sp³-hybridized carbons (Fsp3) is 0.667. The number of aliphatic hydroxyl groups is 1. The summed E-state index contributed by atoms with van der Waals surface area (Å²) in [4.78, 5) is 0.200. The van der Waals surface area contributed by atoms with Crippen LogP contribution in [0.3, 0.4) is 0 Å². The van der Waals surface area contributed by atoms with Crippen LogP contribution in [0.4, 0.5) is 0 Å². The molecule has 7 heteroatoms. The Morgan fingerprint density at radius 1 is 1.58 bits per heavy atom. The van der Waals surface area contributed by atoms with Crippen molar-refractivity contribution in [1.29, 1.82) is 0 Å². The van der Waals surface area contributed by atoms with Gasteiger partial charge in [0, 0.05) is 31.1 Å². The number of methoxy groups -OCH3 is 1. The van der Waals surface area contributed by atoms with Crippen molar-refractivity contribution < 1.29 is 18.3 Å². The quantitative estimate of drug-likeness (QED) is 0.771. The summed E-state index contributed by atoms with van der Waals surface area (Å²) in [6, 6.07) is 1.57. The summed E-state index contributed by atoms with van der Waals surface area (Å²) in [6.07, 6.45) is 3.68. The lowest BCUT2D eigenvalue weighted by atomic mass is 10.4. The van der Waals surface area contributed by atoms with Crippen LogP contribution in [0.5, 0.6) is 0 Å². The Hall–Kier alpha value is -0.890. The van der Waals surface area contributed by atoms with E-state index in [1.165, 1.54) is 13.2 Å². The van der Waals surface area contributed by atoms with Gasteiger partial charge >= 0.3 is 0 Å². The number of rotatable bonds is 7. The molecule has 1 fully saturated rings. The van der Waals surface area contributed by atoms with Crippen molar-refractivity contribution in [2.75, 3.05) is 13.7 Å². The lowest BCUT2D eigenvalue weighted by Gasteiger charge is -2.12. The molecule has 108 valence electrons. The second kappa shape index (κ2) is 5.62. The summed E-state index contributed by atoms with van der Waals surface area (Å²) >= 11 is 0. The van der Waals surface area contributed by atoms with Gasteiger partial charge in [-0.2, -0.15) is 0 Å². The molecule has 1 aliphatic carbocycles. The first-order chi connectivity index (χ1) is 8.97. The van der Waals surface area contributed by atoms with E-state index in [9.17, 15) is 13.5 Å². The third-order valence-electron chi connectivity index (χ3n) is 3.09. The summed E-state index contributed by atoms with van der Waals surface area (Å²) < 4.78 is 33.7. The van der Waals surface area contributed by atoms with E-state index in [0.717, 1.165) is 12.8 Å². The van der Waals surface area contributed by atoms with E-state index in [-0.39, 0.29) is 17.5 Å². The molecule has 0 spiro atoms. The molecule has 0 saturated heterocycles. The molecule has 1 aliphatic rings. The standard InChI is InChI=1S/C12H20N2O4S/c1-9(8-18-2)13-19(16,17)12-5-11(7-15)14(6-12)10-3-4-10/h5-6,9-10,13,15H,3-4,7-8H2,1-2H3. The van der Waals surface area contributed by atoms with Gasteiger partial charge in [0.05, 0.1) is 18.1 Å². The van der Waals surface area contributed by atoms with Crippen molar-refractivity contribution in [1.82, 2.24) is 9.29 Å². The van der Waals surface area contributed by atoms with Crippen LogP contribution in [0.25, 0.3) is 0 Å². The molecule has 1 aromatic heterocycles. The topological polar surface area (TPSA) is 80.6 Å². The van der Waals surface area contributed by atoms with Gasteiger partial charge in [0.2, 0.25) is 10.0 Å². The molecule has 0 bridgehead atoms. The Balaban J connectivity index is 2.20. The van der Waals surface area contributed by atoms with Gasteiger partial charge in [-0.05, 0) is 25.8 Å². The van der Waals surface area contributed by atoms with Gasteiger partial charge in [0.1, 0.15) is 0 Å². The van der Waals surface area contributed by atoms with E-state index in [1.807, 2.05) is 4.57 Å². The number of nitrogens with zero attached hydrogens (tertiary/aromatic N) is 1. The molecule has 19 heavy (non-hydrogen) atoms. The molecule has 2 rings (SSSR count). The summed E-state index contributed by atoms with van der Waals surface area (Å²) in [5.41, 5.74) is 0.641. The van der Waals surface area contributed by atoms with E-state index in [2.05, 4.69) is 4.72 Å². The first kappa shape index (κ1) is 14.5. The van der Waals surface area contributed by atoms with Crippen LogP contribution in [0.15, 0.2) is 17.2 Å². The second-order valence-electron chi connectivity index (χ2n) is 4.94. The molecule has 1 saturated carbocycles. The first-order valence-electron chi connectivity index (χ1n) is 6.31. The van der Waals surface area contributed by atoms with Crippen LogP contribution in [0.2, 0.25) is 0 Å². The Bertz CT molecular complexity index is 534. The van der Waals surface area contributed by atoms with Crippen LogP contribution in [-0.2, 0) is 21.4 Å². The third kappa shape index (κ3) is 3.36. The largest absolute Gasteiger partial charge is 0.390 e. The maximum absolute atomic E-state index is 12.2. The number of hydrogen-bond acceptors (Lipinski definition) is 4. The number of nitrogens with one attached hydrogen (secondary N) is 1. The van der Waals surface area contributed by atoms with Crippen molar-refractivity contribution in [2.45, 2.75) is 43.4 Å². The fourth-order valence-electron chi connectivity index (χ4n) is 2.08. The van der Waals surface area contributed by atoms with Crippen molar-refractivity contribution in [2.24, 2.45) is 0 Å². The lowest BCUT2D eigenvalue weighted by Crippen LogP contribution is -2.35. The van der Waals surface area contributed by atoms with Crippen molar-refractivity contribution in [3.05, 3.63) is 18.0 Å². The van der Waals surface area contributed by atoms with Gasteiger partial charge in [-0.15, -0.1) is 0 Å².